The van der Waals surface area contributed by atoms with E-state index in [0.29, 0.717) is 17.9 Å². The molecule has 0 aliphatic heterocycles. The molecule has 0 aliphatic rings. The van der Waals surface area contributed by atoms with Crippen molar-refractivity contribution in [1.29, 1.82) is 0 Å². The van der Waals surface area contributed by atoms with Gasteiger partial charge in [-0.1, -0.05) is 12.1 Å². The van der Waals surface area contributed by atoms with Gasteiger partial charge in [-0.05, 0) is 31.5 Å². The summed E-state index contributed by atoms with van der Waals surface area (Å²) in [5.41, 5.74) is 4.86. The van der Waals surface area contributed by atoms with Crippen LogP contribution < -0.4 is 10.5 Å². The maximum atomic E-state index is 10.9. The van der Waals surface area contributed by atoms with Crippen LogP contribution >= 0.6 is 12.4 Å². The van der Waals surface area contributed by atoms with E-state index in [1.54, 1.807) is 24.3 Å². The summed E-state index contributed by atoms with van der Waals surface area (Å²) in [4.78, 5) is 10.9. The van der Waals surface area contributed by atoms with Gasteiger partial charge in [0.1, 0.15) is 11.3 Å². The smallest absolute Gasteiger partial charge is 0.328 e. The number of benzene rings is 1. The highest BCUT2D eigenvalue weighted by Crippen LogP contribution is 2.21. The summed E-state index contributed by atoms with van der Waals surface area (Å²) in [5.74, 6) is -0.339. The predicted octanol–water partition coefficient (Wildman–Crippen LogP) is 1.77. The molecule has 16 heavy (non-hydrogen) atoms. The highest BCUT2D eigenvalue weighted by Gasteiger charge is 2.29. The van der Waals surface area contributed by atoms with Gasteiger partial charge in [0.25, 0.3) is 0 Å². The predicted molar refractivity (Wildman–Crippen MR) is 64.0 cm³/mol. The molecule has 0 heterocycles. The van der Waals surface area contributed by atoms with E-state index >= 15 is 0 Å². The second-order valence-electron chi connectivity index (χ2n) is 3.46. The monoisotopic (exact) mass is 245 g/mol. The number of hydrogen-bond acceptors (Lipinski definition) is 3. The number of carboxylic acids is 1. The van der Waals surface area contributed by atoms with E-state index in [1.807, 2.05) is 6.92 Å². The molecular weight excluding hydrogens is 230 g/mol. The molecule has 0 radical (unpaired) electrons. The third-order valence-electron chi connectivity index (χ3n) is 2.21. The van der Waals surface area contributed by atoms with Crippen LogP contribution in [0.25, 0.3) is 0 Å². The summed E-state index contributed by atoms with van der Waals surface area (Å²) in [7, 11) is 0. The fourth-order valence-corrected chi connectivity index (χ4v) is 1.19. The van der Waals surface area contributed by atoms with Crippen LogP contribution in [-0.4, -0.2) is 17.7 Å². The Kier molecular flexibility index (Phi) is 5.27. The zero-order valence-electron chi connectivity index (χ0n) is 9.27. The van der Waals surface area contributed by atoms with Gasteiger partial charge < -0.3 is 15.6 Å². The summed E-state index contributed by atoms with van der Waals surface area (Å²) < 4.78 is 5.25. The van der Waals surface area contributed by atoms with Crippen molar-refractivity contribution < 1.29 is 14.6 Å². The number of aliphatic carboxylic acids is 1. The molecule has 3 N–H and O–H groups in total. The molecule has 90 valence electrons. The molecule has 4 nitrogen and oxygen atoms in total. The lowest BCUT2D eigenvalue weighted by molar-refractivity contribution is -0.143. The van der Waals surface area contributed by atoms with Crippen LogP contribution in [0.5, 0.6) is 5.75 Å². The van der Waals surface area contributed by atoms with Gasteiger partial charge in [0, 0.05) is 0 Å². The van der Waals surface area contributed by atoms with Gasteiger partial charge >= 0.3 is 5.97 Å². The van der Waals surface area contributed by atoms with Crippen molar-refractivity contribution in [3.05, 3.63) is 29.8 Å². The highest BCUT2D eigenvalue weighted by atomic mass is 35.5. The standard InChI is InChI=1S/C11H15NO3.ClH/c1-3-15-9-6-4-8(5-7-9)11(2,12)10(13)14;/h4-7H,3,12H2,1-2H3,(H,13,14);1H. The van der Waals surface area contributed by atoms with Crippen molar-refractivity contribution in [3.63, 3.8) is 0 Å². The van der Waals surface area contributed by atoms with E-state index in [0.717, 1.165) is 0 Å². The first-order valence-corrected chi connectivity index (χ1v) is 4.74. The quantitative estimate of drug-likeness (QED) is 0.848. The van der Waals surface area contributed by atoms with Crippen molar-refractivity contribution in [2.45, 2.75) is 19.4 Å². The van der Waals surface area contributed by atoms with E-state index in [2.05, 4.69) is 0 Å². The lowest BCUT2D eigenvalue weighted by Gasteiger charge is -2.19. The average molecular weight is 246 g/mol. The second kappa shape index (κ2) is 5.72. The molecule has 1 aromatic rings. The molecule has 1 rings (SSSR count). The maximum Gasteiger partial charge on any atom is 0.328 e. The van der Waals surface area contributed by atoms with Crippen LogP contribution in [0.2, 0.25) is 0 Å². The molecule has 5 heteroatoms. The molecule has 1 unspecified atom stereocenters. The van der Waals surface area contributed by atoms with Gasteiger partial charge in [0.2, 0.25) is 0 Å². The zero-order valence-corrected chi connectivity index (χ0v) is 10.1. The molecule has 0 aliphatic carbocycles. The van der Waals surface area contributed by atoms with Crippen molar-refractivity contribution in [2.24, 2.45) is 5.73 Å². The molecule has 0 saturated heterocycles. The number of ether oxygens (including phenoxy) is 1. The maximum absolute atomic E-state index is 10.9. The molecule has 0 bridgehead atoms. The van der Waals surface area contributed by atoms with Crippen molar-refractivity contribution in [3.8, 4) is 5.75 Å². The lowest BCUT2D eigenvalue weighted by Crippen LogP contribution is -2.41. The Morgan fingerprint density at radius 3 is 2.31 bits per heavy atom. The minimum atomic E-state index is -1.36. The Morgan fingerprint density at radius 1 is 1.44 bits per heavy atom. The molecule has 0 spiro atoms. The highest BCUT2D eigenvalue weighted by molar-refractivity contribution is 5.85. The Bertz CT molecular complexity index is 349. The minimum Gasteiger partial charge on any atom is -0.494 e. The summed E-state index contributed by atoms with van der Waals surface area (Å²) >= 11 is 0. The van der Waals surface area contributed by atoms with Crippen molar-refractivity contribution in [2.75, 3.05) is 6.61 Å². The van der Waals surface area contributed by atoms with Gasteiger partial charge in [-0.2, -0.15) is 0 Å². The molecule has 0 saturated carbocycles. The summed E-state index contributed by atoms with van der Waals surface area (Å²) in [6.45, 7) is 3.93. The van der Waals surface area contributed by atoms with Gasteiger partial charge in [0.05, 0.1) is 6.61 Å². The fraction of sp³-hybridized carbons (Fsp3) is 0.364. The summed E-state index contributed by atoms with van der Waals surface area (Å²) in [6.07, 6.45) is 0. The van der Waals surface area contributed by atoms with Crippen LogP contribution in [0.15, 0.2) is 24.3 Å². The van der Waals surface area contributed by atoms with Crippen LogP contribution in [0.4, 0.5) is 0 Å². The zero-order chi connectivity index (χ0) is 11.5. The molecule has 0 amide bonds. The van der Waals surface area contributed by atoms with Gasteiger partial charge in [-0.25, -0.2) is 4.79 Å². The molecule has 1 aromatic carbocycles. The molecule has 0 aromatic heterocycles. The third-order valence-corrected chi connectivity index (χ3v) is 2.21. The number of rotatable bonds is 4. The number of halogens is 1. The average Bonchev–Trinajstić information content (AvgIpc) is 2.19. The number of carboxylic acid groups (broad SMARTS) is 1. The van der Waals surface area contributed by atoms with Gasteiger partial charge in [-0.15, -0.1) is 12.4 Å². The lowest BCUT2D eigenvalue weighted by atomic mass is 9.93. The fourth-order valence-electron chi connectivity index (χ4n) is 1.19. The Balaban J connectivity index is 0.00000225. The largest absolute Gasteiger partial charge is 0.494 e. The van der Waals surface area contributed by atoms with E-state index < -0.39 is 11.5 Å². The molecule has 0 fully saturated rings. The SMILES string of the molecule is CCOc1ccc(C(C)(N)C(=O)O)cc1.Cl. The third kappa shape index (κ3) is 3.12. The first-order valence-electron chi connectivity index (χ1n) is 4.74. The normalized spacial score (nSPS) is 13.4. The van der Waals surface area contributed by atoms with Crippen molar-refractivity contribution in [1.82, 2.24) is 0 Å². The number of carbonyl (C=O) groups is 1. The van der Waals surface area contributed by atoms with Crippen LogP contribution in [-0.2, 0) is 10.3 Å². The van der Waals surface area contributed by atoms with Crippen LogP contribution in [0.1, 0.15) is 19.4 Å². The van der Waals surface area contributed by atoms with Crippen molar-refractivity contribution >= 4 is 18.4 Å². The number of hydrogen-bond donors (Lipinski definition) is 2. The molecule has 1 atom stereocenters. The van der Waals surface area contributed by atoms with Crippen LogP contribution in [0, 0.1) is 0 Å². The van der Waals surface area contributed by atoms with Gasteiger partial charge in [-0.3, -0.25) is 0 Å². The second-order valence-corrected chi connectivity index (χ2v) is 3.46. The Hall–Kier alpha value is -1.26. The molecular formula is C11H16ClNO3. The van der Waals surface area contributed by atoms with E-state index in [1.165, 1.54) is 6.92 Å². The van der Waals surface area contributed by atoms with Crippen LogP contribution in [0.3, 0.4) is 0 Å². The topological polar surface area (TPSA) is 72.5 Å². The first kappa shape index (κ1) is 14.7. The van der Waals surface area contributed by atoms with E-state index in [9.17, 15) is 4.79 Å². The number of nitrogens with two attached hydrogens (primary N) is 1. The van der Waals surface area contributed by atoms with Gasteiger partial charge in [0.15, 0.2) is 0 Å². The first-order chi connectivity index (χ1) is 6.98. The summed E-state index contributed by atoms with van der Waals surface area (Å²) in [5, 5.41) is 8.91. The Labute approximate surface area is 101 Å². The minimum absolute atomic E-state index is 0. The Morgan fingerprint density at radius 2 is 1.94 bits per heavy atom. The summed E-state index contributed by atoms with van der Waals surface area (Å²) in [6, 6.07) is 6.76. The van der Waals surface area contributed by atoms with E-state index in [-0.39, 0.29) is 12.4 Å². The van der Waals surface area contributed by atoms with E-state index in [4.69, 9.17) is 15.6 Å².